The van der Waals surface area contributed by atoms with E-state index in [1.165, 1.54) is 17.7 Å². The quantitative estimate of drug-likeness (QED) is 0.684. The summed E-state index contributed by atoms with van der Waals surface area (Å²) in [4.78, 5) is 2.18. The predicted octanol–water partition coefficient (Wildman–Crippen LogP) is 4.56. The number of nitrogens with zero attached hydrogens (tertiary/aromatic N) is 1. The molecule has 3 aromatic rings. The van der Waals surface area contributed by atoms with Crippen molar-refractivity contribution in [2.45, 2.75) is 19.2 Å². The molecule has 25 heavy (non-hydrogen) atoms. The Morgan fingerprint density at radius 2 is 1.24 bits per heavy atom. The van der Waals surface area contributed by atoms with Crippen molar-refractivity contribution in [3.05, 3.63) is 107 Å². The van der Waals surface area contributed by atoms with Crippen LogP contribution >= 0.6 is 0 Å². The minimum atomic E-state index is -0.564. The molecule has 0 saturated carbocycles. The number of hydrogen-bond donors (Lipinski definition) is 1. The first kappa shape index (κ1) is 17.3. The van der Waals surface area contributed by atoms with Crippen LogP contribution in [0.2, 0.25) is 0 Å². The lowest BCUT2D eigenvalue weighted by Gasteiger charge is -2.25. The van der Waals surface area contributed by atoms with E-state index in [4.69, 9.17) is 0 Å². The SMILES string of the molecule is OC(CN(Cc1ccccc1)Cc1ccc(F)cc1)c1ccccc1. The van der Waals surface area contributed by atoms with E-state index in [0.717, 1.165) is 17.7 Å². The number of rotatable bonds is 7. The van der Waals surface area contributed by atoms with Gasteiger partial charge in [0.05, 0.1) is 6.10 Å². The lowest BCUT2D eigenvalue weighted by atomic mass is 10.1. The largest absolute Gasteiger partial charge is 0.387 e. The number of aliphatic hydroxyl groups excluding tert-OH is 1. The van der Waals surface area contributed by atoms with Crippen LogP contribution in [0.5, 0.6) is 0 Å². The Kier molecular flexibility index (Phi) is 5.94. The predicted molar refractivity (Wildman–Crippen MR) is 98.4 cm³/mol. The normalized spacial score (nSPS) is 12.3. The third kappa shape index (κ3) is 5.24. The van der Waals surface area contributed by atoms with Gasteiger partial charge in [-0.3, -0.25) is 4.90 Å². The zero-order chi connectivity index (χ0) is 17.5. The summed E-state index contributed by atoms with van der Waals surface area (Å²) in [5.41, 5.74) is 3.11. The Balaban J connectivity index is 1.74. The number of halogens is 1. The van der Waals surface area contributed by atoms with Gasteiger partial charge < -0.3 is 5.11 Å². The fraction of sp³-hybridized carbons (Fsp3) is 0.182. The molecule has 1 N–H and O–H groups in total. The molecular formula is C22H22FNO. The van der Waals surface area contributed by atoms with Gasteiger partial charge in [-0.15, -0.1) is 0 Å². The van der Waals surface area contributed by atoms with Crippen LogP contribution in [-0.2, 0) is 13.1 Å². The topological polar surface area (TPSA) is 23.5 Å². The molecule has 0 aliphatic carbocycles. The van der Waals surface area contributed by atoms with Crippen molar-refractivity contribution in [1.29, 1.82) is 0 Å². The molecule has 3 heteroatoms. The molecule has 1 unspecified atom stereocenters. The van der Waals surface area contributed by atoms with Crippen molar-refractivity contribution in [1.82, 2.24) is 4.90 Å². The first-order valence-electron chi connectivity index (χ1n) is 8.44. The van der Waals surface area contributed by atoms with Crippen LogP contribution < -0.4 is 0 Å². The molecule has 0 amide bonds. The van der Waals surface area contributed by atoms with Gasteiger partial charge in [-0.25, -0.2) is 4.39 Å². The summed E-state index contributed by atoms with van der Waals surface area (Å²) in [5, 5.41) is 10.6. The Morgan fingerprint density at radius 1 is 0.720 bits per heavy atom. The second kappa shape index (κ2) is 8.56. The average Bonchev–Trinajstić information content (AvgIpc) is 2.65. The summed E-state index contributed by atoms with van der Waals surface area (Å²) in [6.45, 7) is 1.89. The van der Waals surface area contributed by atoms with Crippen LogP contribution in [0.1, 0.15) is 22.8 Å². The van der Waals surface area contributed by atoms with E-state index in [2.05, 4.69) is 17.0 Å². The van der Waals surface area contributed by atoms with E-state index in [9.17, 15) is 9.50 Å². The van der Waals surface area contributed by atoms with Crippen LogP contribution in [0.25, 0.3) is 0 Å². The summed E-state index contributed by atoms with van der Waals surface area (Å²) in [6.07, 6.45) is -0.564. The van der Waals surface area contributed by atoms with Gasteiger partial charge in [0.2, 0.25) is 0 Å². The van der Waals surface area contributed by atoms with Gasteiger partial charge in [0.25, 0.3) is 0 Å². The van der Waals surface area contributed by atoms with Gasteiger partial charge in [0.15, 0.2) is 0 Å². The highest BCUT2D eigenvalue weighted by Crippen LogP contribution is 2.18. The Labute approximate surface area is 148 Å². The molecule has 0 bridgehead atoms. The van der Waals surface area contributed by atoms with E-state index in [1.54, 1.807) is 12.1 Å². The molecule has 3 rings (SSSR count). The zero-order valence-electron chi connectivity index (χ0n) is 14.1. The zero-order valence-corrected chi connectivity index (χ0v) is 14.1. The minimum Gasteiger partial charge on any atom is -0.387 e. The maximum Gasteiger partial charge on any atom is 0.123 e. The van der Waals surface area contributed by atoms with Gasteiger partial charge in [-0.2, -0.15) is 0 Å². The molecule has 0 spiro atoms. The molecular weight excluding hydrogens is 313 g/mol. The molecule has 1 atom stereocenters. The monoisotopic (exact) mass is 335 g/mol. The minimum absolute atomic E-state index is 0.234. The lowest BCUT2D eigenvalue weighted by Crippen LogP contribution is -2.28. The number of aliphatic hydroxyl groups is 1. The van der Waals surface area contributed by atoms with Crippen molar-refractivity contribution >= 4 is 0 Å². The van der Waals surface area contributed by atoms with Crippen molar-refractivity contribution in [3.63, 3.8) is 0 Å². The summed E-state index contributed by atoms with van der Waals surface area (Å²) in [7, 11) is 0. The third-order valence-corrected chi connectivity index (χ3v) is 4.18. The summed E-state index contributed by atoms with van der Waals surface area (Å²) >= 11 is 0. The molecule has 3 aromatic carbocycles. The second-order valence-electron chi connectivity index (χ2n) is 6.21. The van der Waals surface area contributed by atoms with Gasteiger partial charge in [-0.05, 0) is 28.8 Å². The highest BCUT2D eigenvalue weighted by Gasteiger charge is 2.14. The molecule has 128 valence electrons. The van der Waals surface area contributed by atoms with Crippen LogP contribution in [0.4, 0.5) is 4.39 Å². The number of benzene rings is 3. The lowest BCUT2D eigenvalue weighted by molar-refractivity contribution is 0.105. The second-order valence-corrected chi connectivity index (χ2v) is 6.21. The van der Waals surface area contributed by atoms with E-state index in [1.807, 2.05) is 48.5 Å². The van der Waals surface area contributed by atoms with Gasteiger partial charge in [0, 0.05) is 19.6 Å². The van der Waals surface area contributed by atoms with Crippen molar-refractivity contribution in [2.24, 2.45) is 0 Å². The molecule has 0 fully saturated rings. The van der Waals surface area contributed by atoms with Crippen LogP contribution in [0.3, 0.4) is 0 Å². The standard InChI is InChI=1S/C22H22FNO/c23-21-13-11-19(12-14-21)16-24(15-18-7-3-1-4-8-18)17-22(25)20-9-5-2-6-10-20/h1-14,22,25H,15-17H2. The Hall–Kier alpha value is -2.49. The van der Waals surface area contributed by atoms with Gasteiger partial charge in [0.1, 0.15) is 5.82 Å². The Bertz CT molecular complexity index is 759. The molecule has 0 heterocycles. The average molecular weight is 335 g/mol. The van der Waals surface area contributed by atoms with Gasteiger partial charge in [-0.1, -0.05) is 72.8 Å². The molecule has 0 aliphatic rings. The first-order chi connectivity index (χ1) is 12.2. The Morgan fingerprint density at radius 3 is 1.84 bits per heavy atom. The molecule has 0 radical (unpaired) electrons. The molecule has 0 saturated heterocycles. The van der Waals surface area contributed by atoms with Gasteiger partial charge >= 0.3 is 0 Å². The fourth-order valence-corrected chi connectivity index (χ4v) is 2.90. The highest BCUT2D eigenvalue weighted by atomic mass is 19.1. The third-order valence-electron chi connectivity index (χ3n) is 4.18. The van der Waals surface area contributed by atoms with E-state index in [-0.39, 0.29) is 5.82 Å². The van der Waals surface area contributed by atoms with Crippen molar-refractivity contribution < 1.29 is 9.50 Å². The number of hydrogen-bond acceptors (Lipinski definition) is 2. The summed E-state index contributed by atoms with van der Waals surface area (Å²) < 4.78 is 13.1. The van der Waals surface area contributed by atoms with Crippen molar-refractivity contribution in [2.75, 3.05) is 6.54 Å². The van der Waals surface area contributed by atoms with Crippen LogP contribution in [0.15, 0.2) is 84.9 Å². The van der Waals surface area contributed by atoms with E-state index < -0.39 is 6.10 Å². The van der Waals surface area contributed by atoms with E-state index in [0.29, 0.717) is 13.1 Å². The molecule has 0 aliphatic heterocycles. The van der Waals surface area contributed by atoms with Crippen molar-refractivity contribution in [3.8, 4) is 0 Å². The van der Waals surface area contributed by atoms with Crippen LogP contribution in [0, 0.1) is 5.82 Å². The summed E-state index contributed by atoms with van der Waals surface area (Å²) in [5.74, 6) is -0.234. The molecule has 0 aromatic heterocycles. The maximum absolute atomic E-state index is 13.1. The first-order valence-corrected chi connectivity index (χ1v) is 8.44. The summed E-state index contributed by atoms with van der Waals surface area (Å²) in [6, 6.07) is 26.4. The van der Waals surface area contributed by atoms with Crippen LogP contribution in [-0.4, -0.2) is 16.6 Å². The van der Waals surface area contributed by atoms with E-state index >= 15 is 0 Å². The maximum atomic E-state index is 13.1. The highest BCUT2D eigenvalue weighted by molar-refractivity contribution is 5.20. The molecule has 2 nitrogen and oxygen atoms in total. The smallest absolute Gasteiger partial charge is 0.123 e. The fourth-order valence-electron chi connectivity index (χ4n) is 2.90.